The van der Waals surface area contributed by atoms with Crippen molar-refractivity contribution in [2.24, 2.45) is 0 Å². The SMILES string of the molecule is C=CCOc1ccccc1CN[C@H](C)c1ccccc1Br. The number of para-hydroxylation sites is 1. The molecule has 1 atom stereocenters. The van der Waals surface area contributed by atoms with Gasteiger partial charge in [-0.3, -0.25) is 0 Å². The van der Waals surface area contributed by atoms with E-state index in [2.05, 4.69) is 59.0 Å². The zero-order valence-electron chi connectivity index (χ0n) is 12.2. The highest BCUT2D eigenvalue weighted by Crippen LogP contribution is 2.24. The molecular formula is C18H20BrNO. The van der Waals surface area contributed by atoms with E-state index in [0.717, 1.165) is 22.3 Å². The molecule has 0 amide bonds. The molecule has 0 radical (unpaired) electrons. The van der Waals surface area contributed by atoms with Crippen molar-refractivity contribution in [2.75, 3.05) is 6.61 Å². The van der Waals surface area contributed by atoms with Crippen LogP contribution in [0, 0.1) is 0 Å². The third kappa shape index (κ3) is 4.45. The van der Waals surface area contributed by atoms with Crippen molar-refractivity contribution in [3.63, 3.8) is 0 Å². The third-order valence-corrected chi connectivity index (χ3v) is 4.02. The molecule has 0 aliphatic rings. The smallest absolute Gasteiger partial charge is 0.124 e. The second-order valence-corrected chi connectivity index (χ2v) is 5.69. The Morgan fingerprint density at radius 2 is 1.90 bits per heavy atom. The van der Waals surface area contributed by atoms with Crippen LogP contribution in [0.2, 0.25) is 0 Å². The van der Waals surface area contributed by atoms with Crippen LogP contribution in [0.5, 0.6) is 5.75 Å². The summed E-state index contributed by atoms with van der Waals surface area (Å²) >= 11 is 3.60. The summed E-state index contributed by atoms with van der Waals surface area (Å²) in [7, 11) is 0. The van der Waals surface area contributed by atoms with Gasteiger partial charge in [-0.2, -0.15) is 0 Å². The fourth-order valence-corrected chi connectivity index (χ4v) is 2.77. The van der Waals surface area contributed by atoms with Crippen molar-refractivity contribution >= 4 is 15.9 Å². The van der Waals surface area contributed by atoms with Crippen LogP contribution in [0.1, 0.15) is 24.1 Å². The van der Waals surface area contributed by atoms with Gasteiger partial charge >= 0.3 is 0 Å². The predicted molar refractivity (Wildman–Crippen MR) is 91.5 cm³/mol. The highest BCUT2D eigenvalue weighted by molar-refractivity contribution is 9.10. The average Bonchev–Trinajstić information content (AvgIpc) is 2.52. The number of hydrogen-bond acceptors (Lipinski definition) is 2. The first-order valence-electron chi connectivity index (χ1n) is 7.01. The largest absolute Gasteiger partial charge is 0.489 e. The van der Waals surface area contributed by atoms with E-state index in [1.165, 1.54) is 5.56 Å². The van der Waals surface area contributed by atoms with Crippen LogP contribution in [-0.2, 0) is 6.54 Å². The molecule has 2 aromatic rings. The molecule has 0 unspecified atom stereocenters. The molecule has 0 saturated heterocycles. The van der Waals surface area contributed by atoms with Crippen LogP contribution in [0.25, 0.3) is 0 Å². The Labute approximate surface area is 135 Å². The first-order chi connectivity index (χ1) is 10.2. The van der Waals surface area contributed by atoms with Gasteiger partial charge in [0.15, 0.2) is 0 Å². The van der Waals surface area contributed by atoms with Gasteiger partial charge in [0.05, 0.1) is 0 Å². The highest BCUT2D eigenvalue weighted by Gasteiger charge is 2.09. The van der Waals surface area contributed by atoms with E-state index >= 15 is 0 Å². The Balaban J connectivity index is 2.03. The van der Waals surface area contributed by atoms with Crippen molar-refractivity contribution in [1.29, 1.82) is 0 Å². The molecule has 0 heterocycles. The molecule has 0 aliphatic heterocycles. The summed E-state index contributed by atoms with van der Waals surface area (Å²) in [4.78, 5) is 0. The maximum atomic E-state index is 5.68. The van der Waals surface area contributed by atoms with Crippen LogP contribution in [0.3, 0.4) is 0 Å². The molecule has 0 aromatic heterocycles. The van der Waals surface area contributed by atoms with Crippen LogP contribution < -0.4 is 10.1 Å². The van der Waals surface area contributed by atoms with Gasteiger partial charge in [0.25, 0.3) is 0 Å². The van der Waals surface area contributed by atoms with Crippen molar-refractivity contribution in [3.05, 3.63) is 76.8 Å². The normalized spacial score (nSPS) is 11.9. The van der Waals surface area contributed by atoms with E-state index in [9.17, 15) is 0 Å². The lowest BCUT2D eigenvalue weighted by atomic mass is 10.1. The lowest BCUT2D eigenvalue weighted by molar-refractivity contribution is 0.357. The van der Waals surface area contributed by atoms with Crippen LogP contribution in [-0.4, -0.2) is 6.61 Å². The maximum Gasteiger partial charge on any atom is 0.124 e. The van der Waals surface area contributed by atoms with Gasteiger partial charge in [-0.05, 0) is 24.6 Å². The lowest BCUT2D eigenvalue weighted by Gasteiger charge is -2.17. The molecule has 110 valence electrons. The number of rotatable bonds is 7. The second-order valence-electron chi connectivity index (χ2n) is 4.83. The monoisotopic (exact) mass is 345 g/mol. The molecule has 2 nitrogen and oxygen atoms in total. The van der Waals surface area contributed by atoms with Gasteiger partial charge < -0.3 is 10.1 Å². The van der Waals surface area contributed by atoms with Crippen LogP contribution in [0.4, 0.5) is 0 Å². The molecule has 3 heteroatoms. The first-order valence-corrected chi connectivity index (χ1v) is 7.81. The fraction of sp³-hybridized carbons (Fsp3) is 0.222. The molecule has 0 spiro atoms. The van der Waals surface area contributed by atoms with Gasteiger partial charge in [-0.15, -0.1) is 0 Å². The van der Waals surface area contributed by atoms with E-state index < -0.39 is 0 Å². The minimum Gasteiger partial charge on any atom is -0.489 e. The molecule has 1 N–H and O–H groups in total. The van der Waals surface area contributed by atoms with Crippen molar-refractivity contribution in [2.45, 2.75) is 19.5 Å². The summed E-state index contributed by atoms with van der Waals surface area (Å²) in [6.45, 7) is 7.13. The minimum atomic E-state index is 0.257. The number of nitrogens with one attached hydrogen (secondary N) is 1. The van der Waals surface area contributed by atoms with Crippen LogP contribution >= 0.6 is 15.9 Å². The molecular weight excluding hydrogens is 326 g/mol. The lowest BCUT2D eigenvalue weighted by Crippen LogP contribution is -2.19. The van der Waals surface area contributed by atoms with Gasteiger partial charge in [0, 0.05) is 22.6 Å². The average molecular weight is 346 g/mol. The number of ether oxygens (including phenoxy) is 1. The minimum absolute atomic E-state index is 0.257. The van der Waals surface area contributed by atoms with E-state index in [-0.39, 0.29) is 6.04 Å². The topological polar surface area (TPSA) is 21.3 Å². The maximum absolute atomic E-state index is 5.68. The molecule has 2 rings (SSSR count). The Kier molecular flexibility index (Phi) is 6.03. The zero-order valence-corrected chi connectivity index (χ0v) is 13.8. The molecule has 0 aliphatic carbocycles. The zero-order chi connectivity index (χ0) is 15.1. The van der Waals surface area contributed by atoms with Gasteiger partial charge in [-0.1, -0.05) is 65.0 Å². The molecule has 2 aromatic carbocycles. The van der Waals surface area contributed by atoms with Gasteiger partial charge in [-0.25, -0.2) is 0 Å². The fourth-order valence-electron chi connectivity index (χ4n) is 2.14. The Morgan fingerprint density at radius 3 is 2.67 bits per heavy atom. The predicted octanol–water partition coefficient (Wildman–Crippen LogP) is 4.86. The summed E-state index contributed by atoms with van der Waals surface area (Å²) in [5.74, 6) is 0.907. The molecule has 21 heavy (non-hydrogen) atoms. The number of hydrogen-bond donors (Lipinski definition) is 1. The molecule has 0 saturated carbocycles. The van der Waals surface area contributed by atoms with E-state index in [0.29, 0.717) is 6.61 Å². The van der Waals surface area contributed by atoms with Crippen molar-refractivity contribution in [1.82, 2.24) is 5.32 Å². The van der Waals surface area contributed by atoms with Crippen molar-refractivity contribution in [3.8, 4) is 5.75 Å². The van der Waals surface area contributed by atoms with E-state index in [1.807, 2.05) is 24.3 Å². The summed E-state index contributed by atoms with van der Waals surface area (Å²) < 4.78 is 6.81. The Bertz CT molecular complexity index is 597. The highest BCUT2D eigenvalue weighted by atomic mass is 79.9. The first kappa shape index (κ1) is 15.8. The second kappa shape index (κ2) is 8.01. The molecule has 0 fully saturated rings. The van der Waals surface area contributed by atoms with E-state index in [4.69, 9.17) is 4.74 Å². The number of benzene rings is 2. The summed E-state index contributed by atoms with van der Waals surface area (Å²) in [6.07, 6.45) is 1.76. The Hall–Kier alpha value is -1.58. The van der Waals surface area contributed by atoms with Gasteiger partial charge in [0.2, 0.25) is 0 Å². The quantitative estimate of drug-likeness (QED) is 0.723. The van der Waals surface area contributed by atoms with Gasteiger partial charge in [0.1, 0.15) is 12.4 Å². The Morgan fingerprint density at radius 1 is 1.19 bits per heavy atom. The van der Waals surface area contributed by atoms with E-state index in [1.54, 1.807) is 6.08 Å². The standard InChI is InChI=1S/C18H20BrNO/c1-3-12-21-18-11-7-4-8-15(18)13-20-14(2)16-9-5-6-10-17(16)19/h3-11,14,20H,1,12-13H2,2H3/t14-/m1/s1. The third-order valence-electron chi connectivity index (χ3n) is 3.30. The number of halogens is 1. The van der Waals surface area contributed by atoms with Crippen molar-refractivity contribution < 1.29 is 4.74 Å². The van der Waals surface area contributed by atoms with Crippen LogP contribution in [0.15, 0.2) is 65.7 Å². The summed E-state index contributed by atoms with van der Waals surface area (Å²) in [5, 5.41) is 3.54. The molecule has 0 bridgehead atoms. The summed E-state index contributed by atoms with van der Waals surface area (Å²) in [6, 6.07) is 16.6. The summed E-state index contributed by atoms with van der Waals surface area (Å²) in [5.41, 5.74) is 2.40.